The monoisotopic (exact) mass is 363 g/mol. The Bertz CT molecular complexity index is 969. The highest BCUT2D eigenvalue weighted by Gasteiger charge is 2.25. The van der Waals surface area contributed by atoms with Crippen LogP contribution in [-0.2, 0) is 6.42 Å². The Hall–Kier alpha value is -2.85. The number of nitrogens with one attached hydrogen (secondary N) is 1. The minimum atomic E-state index is -0.0209. The number of anilines is 3. The summed E-state index contributed by atoms with van der Waals surface area (Å²) in [5, 5.41) is 3.91. The van der Waals surface area contributed by atoms with E-state index in [4.69, 9.17) is 11.6 Å². The molecule has 0 fully saturated rings. The fourth-order valence-electron chi connectivity index (χ4n) is 3.12. The summed E-state index contributed by atoms with van der Waals surface area (Å²) in [6.07, 6.45) is 2.50. The molecular weight excluding hydrogens is 346 g/mol. The predicted molar refractivity (Wildman–Crippen MR) is 106 cm³/mol. The fourth-order valence-corrected chi connectivity index (χ4v) is 3.30. The van der Waals surface area contributed by atoms with E-state index >= 15 is 0 Å². The maximum atomic E-state index is 12.8. The van der Waals surface area contributed by atoms with Crippen LogP contribution >= 0.6 is 11.6 Å². The average Bonchev–Trinajstić information content (AvgIpc) is 3.09. The summed E-state index contributed by atoms with van der Waals surface area (Å²) < 4.78 is 0. The number of carbonyl (C=O) groups excluding carboxylic acids is 1. The Labute approximate surface area is 157 Å². The van der Waals surface area contributed by atoms with E-state index in [1.54, 1.807) is 12.3 Å². The molecule has 26 heavy (non-hydrogen) atoms. The number of hydrogen-bond acceptors (Lipinski definition) is 3. The maximum absolute atomic E-state index is 12.8. The smallest absolute Gasteiger partial charge is 0.259 e. The van der Waals surface area contributed by atoms with Gasteiger partial charge in [-0.15, -0.1) is 0 Å². The molecule has 5 heteroatoms. The molecule has 4 nitrogen and oxygen atoms in total. The van der Waals surface area contributed by atoms with Gasteiger partial charge in [-0.1, -0.05) is 35.9 Å². The topological polar surface area (TPSA) is 45.2 Å². The van der Waals surface area contributed by atoms with Crippen LogP contribution < -0.4 is 10.2 Å². The second-order valence-electron chi connectivity index (χ2n) is 6.36. The van der Waals surface area contributed by atoms with Gasteiger partial charge in [0.05, 0.1) is 5.56 Å². The number of aromatic nitrogens is 1. The Morgan fingerprint density at radius 2 is 2.00 bits per heavy atom. The normalized spacial score (nSPS) is 12.8. The Kier molecular flexibility index (Phi) is 4.35. The summed E-state index contributed by atoms with van der Waals surface area (Å²) in [5.74, 6) is 0.649. The highest BCUT2D eigenvalue weighted by molar-refractivity contribution is 6.31. The Morgan fingerprint density at radius 1 is 1.15 bits per heavy atom. The third-order valence-electron chi connectivity index (χ3n) is 4.59. The van der Waals surface area contributed by atoms with Crippen LogP contribution in [0.25, 0.3) is 0 Å². The highest BCUT2D eigenvalue weighted by atomic mass is 35.5. The molecule has 0 radical (unpaired) electrons. The summed E-state index contributed by atoms with van der Waals surface area (Å²) in [5.41, 5.74) is 4.67. The van der Waals surface area contributed by atoms with Gasteiger partial charge in [-0.3, -0.25) is 4.79 Å². The van der Waals surface area contributed by atoms with Gasteiger partial charge in [0.1, 0.15) is 5.82 Å². The van der Waals surface area contributed by atoms with Crippen molar-refractivity contribution in [3.05, 3.63) is 82.5 Å². The van der Waals surface area contributed by atoms with E-state index in [1.165, 1.54) is 5.56 Å². The predicted octanol–water partition coefficient (Wildman–Crippen LogP) is 4.99. The molecule has 2 heterocycles. The molecule has 0 aliphatic carbocycles. The number of pyridine rings is 1. The van der Waals surface area contributed by atoms with Crippen LogP contribution in [0.15, 0.2) is 60.8 Å². The zero-order valence-corrected chi connectivity index (χ0v) is 15.1. The summed E-state index contributed by atoms with van der Waals surface area (Å²) >= 11 is 6.15. The molecule has 130 valence electrons. The van der Waals surface area contributed by atoms with Gasteiger partial charge in [-0.25, -0.2) is 4.98 Å². The lowest BCUT2D eigenvalue weighted by Crippen LogP contribution is -2.28. The van der Waals surface area contributed by atoms with E-state index in [0.717, 1.165) is 23.4 Å². The Morgan fingerprint density at radius 3 is 2.77 bits per heavy atom. The maximum Gasteiger partial charge on any atom is 0.259 e. The van der Waals surface area contributed by atoms with Crippen molar-refractivity contribution in [2.24, 2.45) is 0 Å². The van der Waals surface area contributed by atoms with Crippen LogP contribution in [0.3, 0.4) is 0 Å². The van der Waals surface area contributed by atoms with Crippen molar-refractivity contribution in [3.8, 4) is 0 Å². The van der Waals surface area contributed by atoms with Gasteiger partial charge < -0.3 is 10.2 Å². The minimum Gasteiger partial charge on any atom is -0.340 e. The van der Waals surface area contributed by atoms with Crippen molar-refractivity contribution >= 4 is 34.7 Å². The van der Waals surface area contributed by atoms with Crippen molar-refractivity contribution in [3.63, 3.8) is 0 Å². The van der Waals surface area contributed by atoms with E-state index < -0.39 is 0 Å². The first-order valence-electron chi connectivity index (χ1n) is 8.51. The quantitative estimate of drug-likeness (QED) is 0.713. The number of halogens is 1. The molecule has 3 aromatic rings. The van der Waals surface area contributed by atoms with Crippen LogP contribution in [0.4, 0.5) is 17.2 Å². The molecule has 1 aliphatic rings. The van der Waals surface area contributed by atoms with E-state index in [-0.39, 0.29) is 5.91 Å². The average molecular weight is 364 g/mol. The first-order chi connectivity index (χ1) is 12.6. The van der Waals surface area contributed by atoms with Gasteiger partial charge in [-0.05, 0) is 54.8 Å². The molecule has 0 spiro atoms. The number of rotatable bonds is 3. The number of carbonyl (C=O) groups is 1. The van der Waals surface area contributed by atoms with Gasteiger partial charge in [0.25, 0.3) is 5.91 Å². The molecule has 1 amide bonds. The minimum absolute atomic E-state index is 0.0209. The lowest BCUT2D eigenvalue weighted by molar-refractivity contribution is 0.0989. The molecule has 1 aliphatic heterocycles. The lowest BCUT2D eigenvalue weighted by atomic mass is 10.2. The Balaban J connectivity index is 1.51. The van der Waals surface area contributed by atoms with Crippen LogP contribution in [0, 0.1) is 6.92 Å². The number of fused-ring (bicyclic) bond motifs is 1. The van der Waals surface area contributed by atoms with Crippen molar-refractivity contribution in [1.82, 2.24) is 4.98 Å². The molecule has 0 unspecified atom stereocenters. The largest absolute Gasteiger partial charge is 0.340 e. The van der Waals surface area contributed by atoms with Crippen molar-refractivity contribution in [2.75, 3.05) is 16.8 Å². The number of benzene rings is 2. The molecule has 1 aromatic heterocycles. The summed E-state index contributed by atoms with van der Waals surface area (Å²) in [7, 11) is 0. The van der Waals surface area contributed by atoms with Gasteiger partial charge in [-0.2, -0.15) is 0 Å². The molecule has 0 atom stereocenters. The molecule has 0 bridgehead atoms. The molecule has 0 saturated heterocycles. The standard InChI is InChI=1S/C21H18ClN3O/c1-14-6-8-17(12-18(14)22)24-20-9-7-16(13-23-20)21(26)25-11-10-15-4-2-3-5-19(15)25/h2-9,12-13H,10-11H2,1H3,(H,23,24). The van der Waals surface area contributed by atoms with Crippen LogP contribution in [0.5, 0.6) is 0 Å². The zero-order valence-electron chi connectivity index (χ0n) is 14.4. The van der Waals surface area contributed by atoms with Crippen LogP contribution in [-0.4, -0.2) is 17.4 Å². The summed E-state index contributed by atoms with van der Waals surface area (Å²) in [4.78, 5) is 19.0. The third-order valence-corrected chi connectivity index (χ3v) is 4.99. The van der Waals surface area contributed by atoms with Crippen LogP contribution in [0.2, 0.25) is 5.02 Å². The van der Waals surface area contributed by atoms with Gasteiger partial charge in [0.2, 0.25) is 0 Å². The number of hydrogen-bond donors (Lipinski definition) is 1. The second kappa shape index (κ2) is 6.81. The number of aryl methyl sites for hydroxylation is 1. The van der Waals surface area contributed by atoms with E-state index in [9.17, 15) is 4.79 Å². The lowest BCUT2D eigenvalue weighted by Gasteiger charge is -2.17. The van der Waals surface area contributed by atoms with Crippen LogP contribution in [0.1, 0.15) is 21.5 Å². The van der Waals surface area contributed by atoms with Crippen molar-refractivity contribution < 1.29 is 4.79 Å². The highest BCUT2D eigenvalue weighted by Crippen LogP contribution is 2.29. The number of nitrogens with zero attached hydrogens (tertiary/aromatic N) is 2. The number of para-hydroxylation sites is 1. The first kappa shape index (κ1) is 16.6. The SMILES string of the molecule is Cc1ccc(Nc2ccc(C(=O)N3CCc4ccccc43)cn2)cc1Cl. The van der Waals surface area contributed by atoms with Gasteiger partial charge in [0.15, 0.2) is 0 Å². The van der Waals surface area contributed by atoms with Gasteiger partial charge in [0, 0.05) is 29.1 Å². The third kappa shape index (κ3) is 3.16. The van der Waals surface area contributed by atoms with Gasteiger partial charge >= 0.3 is 0 Å². The summed E-state index contributed by atoms with van der Waals surface area (Å²) in [6, 6.07) is 17.4. The molecule has 0 saturated carbocycles. The molecule has 2 aromatic carbocycles. The first-order valence-corrected chi connectivity index (χ1v) is 8.88. The van der Waals surface area contributed by atoms with Crippen molar-refractivity contribution in [2.45, 2.75) is 13.3 Å². The molecule has 1 N–H and O–H groups in total. The van der Waals surface area contributed by atoms with E-state index in [0.29, 0.717) is 22.9 Å². The fraction of sp³-hybridized carbons (Fsp3) is 0.143. The summed E-state index contributed by atoms with van der Waals surface area (Å²) in [6.45, 7) is 2.67. The second-order valence-corrected chi connectivity index (χ2v) is 6.76. The zero-order chi connectivity index (χ0) is 18.1. The van der Waals surface area contributed by atoms with Crippen molar-refractivity contribution in [1.29, 1.82) is 0 Å². The van der Waals surface area contributed by atoms with E-state index in [2.05, 4.69) is 16.4 Å². The molecular formula is C21H18ClN3O. The molecule has 4 rings (SSSR count). The number of amides is 1. The van der Waals surface area contributed by atoms with E-state index in [1.807, 2.05) is 54.3 Å².